The Morgan fingerprint density at radius 2 is 1.92 bits per heavy atom. The summed E-state index contributed by atoms with van der Waals surface area (Å²) in [6.07, 6.45) is 4.60. The molecule has 25 heavy (non-hydrogen) atoms. The number of nitrogens with one attached hydrogen (secondary N) is 2. The largest absolute Gasteiger partial charge is 0.381 e. The van der Waals surface area contributed by atoms with E-state index in [-0.39, 0.29) is 30.9 Å². The van der Waals surface area contributed by atoms with Crippen LogP contribution >= 0.6 is 0 Å². The monoisotopic (exact) mass is 350 g/mol. The Morgan fingerprint density at radius 1 is 1.16 bits per heavy atom. The summed E-state index contributed by atoms with van der Waals surface area (Å²) < 4.78 is 5.46. The minimum Gasteiger partial charge on any atom is -0.381 e. The van der Waals surface area contributed by atoms with Gasteiger partial charge in [0, 0.05) is 38.4 Å². The van der Waals surface area contributed by atoms with Crippen LogP contribution in [0.2, 0.25) is 0 Å². The molecule has 4 aliphatic rings. The summed E-state index contributed by atoms with van der Waals surface area (Å²) in [7, 11) is 0. The minimum absolute atomic E-state index is 0.0161. The summed E-state index contributed by atoms with van der Waals surface area (Å²) in [6, 6.07) is 0.181. The van der Waals surface area contributed by atoms with Crippen LogP contribution in [0.15, 0.2) is 0 Å². The molecule has 3 aliphatic heterocycles. The van der Waals surface area contributed by atoms with Crippen LogP contribution in [0.25, 0.3) is 0 Å². The first-order chi connectivity index (χ1) is 12.1. The number of ether oxygens (including phenoxy) is 1. The van der Waals surface area contributed by atoms with E-state index in [0.717, 1.165) is 44.0 Å². The number of amides is 4. The molecule has 8 heteroatoms. The second-order valence-electron chi connectivity index (χ2n) is 7.61. The molecule has 4 fully saturated rings. The van der Waals surface area contributed by atoms with E-state index in [1.165, 1.54) is 12.8 Å². The van der Waals surface area contributed by atoms with Gasteiger partial charge in [0.1, 0.15) is 6.54 Å². The van der Waals surface area contributed by atoms with Gasteiger partial charge in [0.25, 0.3) is 5.91 Å². The van der Waals surface area contributed by atoms with Crippen molar-refractivity contribution in [1.82, 2.24) is 20.4 Å². The number of carbonyl (C=O) groups is 3. The third kappa shape index (κ3) is 3.64. The quantitative estimate of drug-likeness (QED) is 0.655. The Kier molecular flexibility index (Phi) is 4.64. The highest BCUT2D eigenvalue weighted by atomic mass is 16.5. The summed E-state index contributed by atoms with van der Waals surface area (Å²) >= 11 is 0. The molecule has 0 unspecified atom stereocenters. The molecule has 4 amide bonds. The first kappa shape index (κ1) is 16.8. The second-order valence-corrected chi connectivity index (χ2v) is 7.61. The molecule has 1 saturated carbocycles. The molecule has 0 spiro atoms. The smallest absolute Gasteiger partial charge is 0.325 e. The molecule has 2 N–H and O–H groups in total. The van der Waals surface area contributed by atoms with Crippen molar-refractivity contribution in [1.29, 1.82) is 0 Å². The zero-order valence-corrected chi connectivity index (χ0v) is 14.4. The van der Waals surface area contributed by atoms with Gasteiger partial charge in [0.2, 0.25) is 5.91 Å². The van der Waals surface area contributed by atoms with Crippen LogP contribution in [-0.2, 0) is 14.3 Å². The molecule has 2 atom stereocenters. The zero-order chi connectivity index (χ0) is 17.4. The Bertz CT molecular complexity index is 543. The van der Waals surface area contributed by atoms with Crippen molar-refractivity contribution in [2.75, 3.05) is 39.4 Å². The number of hydrogen-bond acceptors (Lipinski definition) is 5. The molecular formula is C17H26N4O4. The fourth-order valence-electron chi connectivity index (χ4n) is 4.38. The van der Waals surface area contributed by atoms with Crippen LogP contribution in [0, 0.1) is 11.8 Å². The lowest BCUT2D eigenvalue weighted by atomic mass is 9.98. The summed E-state index contributed by atoms with van der Waals surface area (Å²) in [5, 5.41) is 5.54. The van der Waals surface area contributed by atoms with Gasteiger partial charge in [0.15, 0.2) is 0 Å². The third-order valence-corrected chi connectivity index (χ3v) is 5.91. The van der Waals surface area contributed by atoms with Gasteiger partial charge in [-0.1, -0.05) is 0 Å². The molecule has 3 saturated heterocycles. The van der Waals surface area contributed by atoms with Crippen molar-refractivity contribution >= 4 is 17.8 Å². The predicted molar refractivity (Wildman–Crippen MR) is 88.7 cm³/mol. The highest BCUT2D eigenvalue weighted by Gasteiger charge is 2.45. The van der Waals surface area contributed by atoms with E-state index in [4.69, 9.17) is 4.74 Å². The number of imide groups is 1. The number of rotatable bonds is 5. The number of carbonyl (C=O) groups excluding carboxylic acids is 3. The standard InChI is InChI=1S/C17H26N4O4/c22-15(10-21-16(23)7-18-17(21)24)19-14-9-20(8-13(14)11-1-2-11)12-3-5-25-6-4-12/h11-14H,1-10H2,(H,18,24)(H,19,22)/t13-,14+/m1/s1. The Morgan fingerprint density at radius 3 is 2.56 bits per heavy atom. The van der Waals surface area contributed by atoms with Gasteiger partial charge in [-0.2, -0.15) is 0 Å². The molecule has 0 aromatic carbocycles. The van der Waals surface area contributed by atoms with E-state index in [9.17, 15) is 14.4 Å². The normalized spacial score (nSPS) is 31.4. The molecule has 8 nitrogen and oxygen atoms in total. The molecule has 0 aromatic rings. The van der Waals surface area contributed by atoms with E-state index >= 15 is 0 Å². The van der Waals surface area contributed by atoms with Gasteiger partial charge in [-0.3, -0.25) is 19.4 Å². The van der Waals surface area contributed by atoms with Crippen molar-refractivity contribution in [3.05, 3.63) is 0 Å². The number of likely N-dealkylation sites (tertiary alicyclic amines) is 1. The van der Waals surface area contributed by atoms with E-state index < -0.39 is 6.03 Å². The van der Waals surface area contributed by atoms with Crippen LogP contribution in [0.1, 0.15) is 25.7 Å². The lowest BCUT2D eigenvalue weighted by Crippen LogP contribution is -2.47. The highest BCUT2D eigenvalue weighted by molar-refractivity contribution is 6.04. The van der Waals surface area contributed by atoms with Crippen molar-refractivity contribution in [3.63, 3.8) is 0 Å². The molecule has 1 aliphatic carbocycles. The van der Waals surface area contributed by atoms with Crippen molar-refractivity contribution in [2.24, 2.45) is 11.8 Å². The first-order valence-corrected chi connectivity index (χ1v) is 9.31. The summed E-state index contributed by atoms with van der Waals surface area (Å²) in [6.45, 7) is 3.33. The van der Waals surface area contributed by atoms with E-state index in [2.05, 4.69) is 15.5 Å². The Hall–Kier alpha value is -1.67. The van der Waals surface area contributed by atoms with E-state index in [1.54, 1.807) is 0 Å². The summed E-state index contributed by atoms with van der Waals surface area (Å²) in [4.78, 5) is 39.1. The molecule has 138 valence electrons. The van der Waals surface area contributed by atoms with Crippen molar-refractivity contribution in [3.8, 4) is 0 Å². The maximum Gasteiger partial charge on any atom is 0.325 e. The fourth-order valence-corrected chi connectivity index (χ4v) is 4.38. The van der Waals surface area contributed by atoms with Crippen LogP contribution in [0.5, 0.6) is 0 Å². The molecule has 0 aromatic heterocycles. The molecule has 3 heterocycles. The van der Waals surface area contributed by atoms with Gasteiger partial charge in [-0.25, -0.2) is 4.79 Å². The zero-order valence-electron chi connectivity index (χ0n) is 14.4. The first-order valence-electron chi connectivity index (χ1n) is 9.31. The van der Waals surface area contributed by atoms with Gasteiger partial charge >= 0.3 is 6.03 Å². The van der Waals surface area contributed by atoms with E-state index in [1.807, 2.05) is 0 Å². The SMILES string of the molecule is O=C(CN1C(=O)CNC1=O)N[C@H]1CN(C2CCOCC2)C[C@@H]1C1CC1. The van der Waals surface area contributed by atoms with E-state index in [0.29, 0.717) is 17.9 Å². The summed E-state index contributed by atoms with van der Waals surface area (Å²) in [5.41, 5.74) is 0. The van der Waals surface area contributed by atoms with Crippen LogP contribution < -0.4 is 10.6 Å². The van der Waals surface area contributed by atoms with Gasteiger partial charge in [-0.05, 0) is 37.5 Å². The van der Waals surface area contributed by atoms with Crippen LogP contribution in [-0.4, -0.2) is 79.1 Å². The molecule has 0 bridgehead atoms. The molecular weight excluding hydrogens is 324 g/mol. The average molecular weight is 350 g/mol. The number of nitrogens with zero attached hydrogens (tertiary/aromatic N) is 2. The second kappa shape index (κ2) is 6.92. The topological polar surface area (TPSA) is 91.0 Å². The van der Waals surface area contributed by atoms with Crippen LogP contribution in [0.3, 0.4) is 0 Å². The fraction of sp³-hybridized carbons (Fsp3) is 0.824. The molecule has 4 rings (SSSR count). The molecule has 0 radical (unpaired) electrons. The van der Waals surface area contributed by atoms with Gasteiger partial charge in [0.05, 0.1) is 6.54 Å². The van der Waals surface area contributed by atoms with Crippen molar-refractivity contribution in [2.45, 2.75) is 37.8 Å². The van der Waals surface area contributed by atoms with Gasteiger partial charge in [-0.15, -0.1) is 0 Å². The van der Waals surface area contributed by atoms with Gasteiger partial charge < -0.3 is 15.4 Å². The maximum absolute atomic E-state index is 12.4. The summed E-state index contributed by atoms with van der Waals surface area (Å²) in [5.74, 6) is 0.603. The predicted octanol–water partition coefficient (Wildman–Crippen LogP) is -0.456. The van der Waals surface area contributed by atoms with Crippen molar-refractivity contribution < 1.29 is 19.1 Å². The Labute approximate surface area is 147 Å². The lowest BCUT2D eigenvalue weighted by molar-refractivity contribution is -0.131. The highest BCUT2D eigenvalue weighted by Crippen LogP contribution is 2.42. The average Bonchev–Trinajstić information content (AvgIpc) is 3.31. The Balaban J connectivity index is 1.35. The van der Waals surface area contributed by atoms with Crippen LogP contribution in [0.4, 0.5) is 4.79 Å². The number of urea groups is 1. The minimum atomic E-state index is -0.478. The third-order valence-electron chi connectivity index (χ3n) is 5.91. The number of hydrogen-bond donors (Lipinski definition) is 2. The maximum atomic E-state index is 12.4. The lowest BCUT2D eigenvalue weighted by Gasteiger charge is -2.31.